The maximum Gasteiger partial charge on any atom is 0.412 e. The van der Waals surface area contributed by atoms with Gasteiger partial charge in [-0.05, 0) is 59.1 Å². The van der Waals surface area contributed by atoms with Gasteiger partial charge in [-0.15, -0.1) is 0 Å². The van der Waals surface area contributed by atoms with Gasteiger partial charge in [0.2, 0.25) is 0 Å². The minimum atomic E-state index is -0.441. The van der Waals surface area contributed by atoms with Crippen molar-refractivity contribution in [1.29, 1.82) is 0 Å². The molecule has 0 saturated heterocycles. The molecule has 0 saturated carbocycles. The van der Waals surface area contributed by atoms with E-state index in [1.807, 2.05) is 48.5 Å². The Morgan fingerprint density at radius 3 is 1.21 bits per heavy atom. The molecule has 0 spiro atoms. The fourth-order valence-corrected chi connectivity index (χ4v) is 3.32. The van der Waals surface area contributed by atoms with Gasteiger partial charge in [-0.3, -0.25) is 0 Å². The summed E-state index contributed by atoms with van der Waals surface area (Å²) >= 11 is 0. The van der Waals surface area contributed by atoms with E-state index >= 15 is 0 Å². The number of amides is 2. The normalized spacial score (nSPS) is 11.6. The number of ether oxygens (including phenoxy) is 2. The zero-order valence-corrected chi connectivity index (χ0v) is 21.5. The average molecular weight is 469 g/mol. The Bertz CT molecular complexity index is 830. The van der Waals surface area contributed by atoms with Crippen LogP contribution in [0.2, 0.25) is 0 Å². The fourth-order valence-electron chi connectivity index (χ4n) is 3.32. The second-order valence-corrected chi connectivity index (χ2v) is 10.6. The molecule has 0 fully saturated rings. The van der Waals surface area contributed by atoms with Gasteiger partial charge in [-0.25, -0.2) is 9.59 Å². The molecule has 0 atom stereocenters. The summed E-state index contributed by atoms with van der Waals surface area (Å²) in [4.78, 5) is 23.9. The van der Waals surface area contributed by atoms with Gasteiger partial charge in [0.05, 0.1) is 0 Å². The first-order chi connectivity index (χ1) is 15.9. The molecular formula is C28H40N2O4. The number of benzene rings is 2. The third-order valence-electron chi connectivity index (χ3n) is 5.50. The molecule has 2 rings (SSSR count). The van der Waals surface area contributed by atoms with E-state index in [2.05, 4.69) is 52.2 Å². The van der Waals surface area contributed by atoms with E-state index in [1.165, 1.54) is 11.1 Å². The van der Waals surface area contributed by atoms with E-state index in [4.69, 9.17) is 9.47 Å². The highest BCUT2D eigenvalue weighted by molar-refractivity contribution is 5.70. The molecule has 0 bridgehead atoms. The summed E-state index contributed by atoms with van der Waals surface area (Å²) in [5.41, 5.74) is 2.51. The number of unbranched alkanes of at least 4 members (excludes halogenated alkanes) is 3. The summed E-state index contributed by atoms with van der Waals surface area (Å²) in [6, 6.07) is 15.2. The summed E-state index contributed by atoms with van der Waals surface area (Å²) in [5, 5.41) is 5.55. The molecule has 186 valence electrons. The molecule has 0 aliphatic heterocycles. The maximum absolute atomic E-state index is 11.9. The van der Waals surface area contributed by atoms with Crippen molar-refractivity contribution in [1.82, 2.24) is 10.6 Å². The number of nitrogens with one attached hydrogen (secondary N) is 2. The minimum Gasteiger partial charge on any atom is -0.410 e. The van der Waals surface area contributed by atoms with Gasteiger partial charge in [0, 0.05) is 13.1 Å². The Kier molecular flexibility index (Phi) is 9.97. The van der Waals surface area contributed by atoms with Crippen molar-refractivity contribution in [2.24, 2.45) is 0 Å². The average Bonchev–Trinajstić information content (AvgIpc) is 2.75. The Balaban J connectivity index is 1.52. The summed E-state index contributed by atoms with van der Waals surface area (Å²) in [6.07, 6.45) is 2.72. The van der Waals surface area contributed by atoms with Crippen molar-refractivity contribution in [3.05, 3.63) is 59.7 Å². The topological polar surface area (TPSA) is 76.7 Å². The van der Waals surface area contributed by atoms with E-state index in [9.17, 15) is 9.59 Å². The molecule has 2 aromatic rings. The highest BCUT2D eigenvalue weighted by atomic mass is 16.6. The van der Waals surface area contributed by atoms with Crippen LogP contribution >= 0.6 is 0 Å². The van der Waals surface area contributed by atoms with Crippen molar-refractivity contribution < 1.29 is 19.1 Å². The molecule has 0 aliphatic carbocycles. The van der Waals surface area contributed by atoms with E-state index in [0.717, 1.165) is 25.7 Å². The number of carbonyl (C=O) groups is 2. The monoisotopic (exact) mass is 468 g/mol. The zero-order chi connectivity index (χ0) is 25.2. The summed E-state index contributed by atoms with van der Waals surface area (Å²) in [7, 11) is 0. The van der Waals surface area contributed by atoms with E-state index in [-0.39, 0.29) is 10.8 Å². The van der Waals surface area contributed by atoms with Gasteiger partial charge in [0.25, 0.3) is 0 Å². The van der Waals surface area contributed by atoms with Crippen molar-refractivity contribution in [2.45, 2.75) is 78.1 Å². The molecule has 6 nitrogen and oxygen atoms in total. The minimum absolute atomic E-state index is 0.0645. The first kappa shape index (κ1) is 27.2. The Morgan fingerprint density at radius 2 is 0.912 bits per heavy atom. The highest BCUT2D eigenvalue weighted by Crippen LogP contribution is 2.25. The molecule has 2 N–H and O–H groups in total. The number of hydrogen-bond donors (Lipinski definition) is 2. The van der Waals surface area contributed by atoms with Crippen molar-refractivity contribution in [2.75, 3.05) is 13.1 Å². The summed E-state index contributed by atoms with van der Waals surface area (Å²) < 4.78 is 10.6. The molecule has 0 aliphatic rings. The Hall–Kier alpha value is -3.02. The summed E-state index contributed by atoms with van der Waals surface area (Å²) in [5.74, 6) is 1.07. The fraction of sp³-hybridized carbons (Fsp3) is 0.500. The lowest BCUT2D eigenvalue weighted by Crippen LogP contribution is -2.28. The van der Waals surface area contributed by atoms with Crippen LogP contribution in [0.5, 0.6) is 11.5 Å². The second kappa shape index (κ2) is 12.4. The van der Waals surface area contributed by atoms with Crippen LogP contribution in [0.3, 0.4) is 0 Å². The van der Waals surface area contributed by atoms with Crippen LogP contribution in [-0.2, 0) is 10.8 Å². The molecule has 0 aromatic heterocycles. The lowest BCUT2D eigenvalue weighted by molar-refractivity contribution is 0.198. The number of rotatable bonds is 9. The molecular weight excluding hydrogens is 428 g/mol. The zero-order valence-electron chi connectivity index (χ0n) is 21.5. The van der Waals surface area contributed by atoms with E-state index in [0.29, 0.717) is 24.6 Å². The molecule has 34 heavy (non-hydrogen) atoms. The SMILES string of the molecule is CC(C)(C)c1ccc(OC(=O)NCCCCCCNC(=O)Oc2ccc(C(C)(C)C)cc2)cc1. The largest absolute Gasteiger partial charge is 0.412 e. The van der Waals surface area contributed by atoms with Crippen LogP contribution in [0.4, 0.5) is 9.59 Å². The van der Waals surface area contributed by atoms with Crippen molar-refractivity contribution >= 4 is 12.2 Å². The molecule has 0 radical (unpaired) electrons. The first-order valence-electron chi connectivity index (χ1n) is 12.1. The maximum atomic E-state index is 11.9. The van der Waals surface area contributed by atoms with Gasteiger partial charge in [0.15, 0.2) is 0 Å². The van der Waals surface area contributed by atoms with Gasteiger partial charge in [-0.2, -0.15) is 0 Å². The molecule has 2 amide bonds. The van der Waals surface area contributed by atoms with Crippen molar-refractivity contribution in [3.8, 4) is 11.5 Å². The molecule has 6 heteroatoms. The second-order valence-electron chi connectivity index (χ2n) is 10.6. The van der Waals surface area contributed by atoms with E-state index in [1.54, 1.807) is 0 Å². The first-order valence-corrected chi connectivity index (χ1v) is 12.1. The Labute approximate surface area is 204 Å². The van der Waals surface area contributed by atoms with Crippen LogP contribution in [0.15, 0.2) is 48.5 Å². The standard InChI is InChI=1S/C28H40N2O4/c1-27(2,3)21-11-15-23(16-12-21)33-25(31)29-19-9-7-8-10-20-30-26(32)34-24-17-13-22(14-18-24)28(4,5)6/h11-18H,7-10,19-20H2,1-6H3,(H,29,31)(H,30,32). The lowest BCUT2D eigenvalue weighted by atomic mass is 9.87. The van der Waals surface area contributed by atoms with E-state index < -0.39 is 12.2 Å². The quantitative estimate of drug-likeness (QED) is 0.401. The van der Waals surface area contributed by atoms with Crippen molar-refractivity contribution in [3.63, 3.8) is 0 Å². The molecule has 0 unspecified atom stereocenters. The lowest BCUT2D eigenvalue weighted by Gasteiger charge is -2.19. The van der Waals surface area contributed by atoms with Crippen LogP contribution in [0.1, 0.15) is 78.4 Å². The predicted molar refractivity (Wildman–Crippen MR) is 137 cm³/mol. The predicted octanol–water partition coefficient (Wildman–Crippen LogP) is 6.72. The van der Waals surface area contributed by atoms with Gasteiger partial charge >= 0.3 is 12.2 Å². The number of hydrogen-bond acceptors (Lipinski definition) is 4. The van der Waals surface area contributed by atoms with Gasteiger partial charge in [0.1, 0.15) is 11.5 Å². The van der Waals surface area contributed by atoms with Gasteiger partial charge in [-0.1, -0.05) is 78.6 Å². The Morgan fingerprint density at radius 1 is 0.588 bits per heavy atom. The smallest absolute Gasteiger partial charge is 0.410 e. The summed E-state index contributed by atoms with van der Waals surface area (Å²) in [6.45, 7) is 14.0. The van der Waals surface area contributed by atoms with Crippen LogP contribution in [0, 0.1) is 0 Å². The molecule has 2 aromatic carbocycles. The highest BCUT2D eigenvalue weighted by Gasteiger charge is 2.14. The van der Waals surface area contributed by atoms with Crippen LogP contribution in [0.25, 0.3) is 0 Å². The van der Waals surface area contributed by atoms with Gasteiger partial charge < -0.3 is 20.1 Å². The number of carbonyl (C=O) groups excluding carboxylic acids is 2. The third-order valence-corrected chi connectivity index (χ3v) is 5.50. The third kappa shape index (κ3) is 9.86. The molecule has 0 heterocycles. The van der Waals surface area contributed by atoms with Crippen LogP contribution < -0.4 is 20.1 Å². The van der Waals surface area contributed by atoms with Crippen LogP contribution in [-0.4, -0.2) is 25.3 Å².